The zero-order valence-corrected chi connectivity index (χ0v) is 21.6. The summed E-state index contributed by atoms with van der Waals surface area (Å²) in [6, 6.07) is 0.890. The molecule has 1 unspecified atom stereocenters. The normalized spacial score (nSPS) is 14.8. The first-order chi connectivity index (χ1) is 18.3. The molecule has 4 aromatic heterocycles. The first kappa shape index (κ1) is 26.7. The van der Waals surface area contributed by atoms with Crippen molar-refractivity contribution in [3.63, 3.8) is 0 Å². The largest absolute Gasteiger partial charge is 0.435 e. The van der Waals surface area contributed by atoms with Gasteiger partial charge in [0.2, 0.25) is 5.91 Å². The smallest absolute Gasteiger partial charge is 0.365 e. The van der Waals surface area contributed by atoms with Crippen molar-refractivity contribution >= 4 is 39.1 Å². The van der Waals surface area contributed by atoms with E-state index in [4.69, 9.17) is 5.73 Å². The van der Waals surface area contributed by atoms with Gasteiger partial charge in [0.05, 0.1) is 11.9 Å². The van der Waals surface area contributed by atoms with E-state index in [1.165, 1.54) is 17.8 Å². The molecule has 0 radical (unpaired) electrons. The average Bonchev–Trinajstić information content (AvgIpc) is 3.35. The number of carbonyl (C=O) groups excluding carboxylic acids is 2. The van der Waals surface area contributed by atoms with E-state index < -0.39 is 41.8 Å². The van der Waals surface area contributed by atoms with Gasteiger partial charge in [-0.2, -0.15) is 23.4 Å². The van der Waals surface area contributed by atoms with E-state index in [1.54, 1.807) is 14.0 Å². The second kappa shape index (κ2) is 9.39. The van der Waals surface area contributed by atoms with Crippen LogP contribution in [0.15, 0.2) is 18.3 Å². The van der Waals surface area contributed by atoms with Crippen LogP contribution in [0.5, 0.6) is 0 Å². The highest BCUT2D eigenvalue weighted by molar-refractivity contribution is 7.21. The standard InChI is InChI=1S/C24H22F5N7O2S/c1-9-13(8-31-35(9)3)12-6-14(20(25)26)32-23-17(12)18(19(39-23)21(30)37)33-22(38)10(2)36-15(11-4-5-11)7-16(34-36)24(27,28)29/h6-8,10-11,20H,4-5H2,1-3H3,(H2,30,37)(H,33,38). The molecule has 1 aliphatic carbocycles. The molecule has 0 aliphatic heterocycles. The van der Waals surface area contributed by atoms with Gasteiger partial charge < -0.3 is 11.1 Å². The Balaban J connectivity index is 1.64. The second-order valence-electron chi connectivity index (χ2n) is 9.35. The minimum Gasteiger partial charge on any atom is -0.365 e. The van der Waals surface area contributed by atoms with Gasteiger partial charge in [-0.25, -0.2) is 13.8 Å². The number of alkyl halides is 5. The fourth-order valence-corrected chi connectivity index (χ4v) is 5.39. The fraction of sp³-hybridized carbons (Fsp3) is 0.375. The summed E-state index contributed by atoms with van der Waals surface area (Å²) in [4.78, 5) is 29.6. The molecule has 1 fully saturated rings. The monoisotopic (exact) mass is 567 g/mol. The minimum absolute atomic E-state index is 0.0277. The molecule has 2 amide bonds. The van der Waals surface area contributed by atoms with Crippen LogP contribution in [-0.2, 0) is 18.0 Å². The summed E-state index contributed by atoms with van der Waals surface area (Å²) in [5.41, 5.74) is 5.45. The Morgan fingerprint density at radius 1 is 1.21 bits per heavy atom. The lowest BCUT2D eigenvalue weighted by Gasteiger charge is -2.17. The lowest BCUT2D eigenvalue weighted by molar-refractivity contribution is -0.141. The van der Waals surface area contributed by atoms with E-state index in [0.29, 0.717) is 24.1 Å². The molecule has 3 N–H and O–H groups in total. The Kier molecular flexibility index (Phi) is 6.44. The lowest BCUT2D eigenvalue weighted by Crippen LogP contribution is -2.27. The Hall–Kier alpha value is -3.88. The lowest BCUT2D eigenvalue weighted by atomic mass is 10.0. The van der Waals surface area contributed by atoms with Gasteiger partial charge in [-0.05, 0) is 44.4 Å². The summed E-state index contributed by atoms with van der Waals surface area (Å²) in [6.45, 7) is 3.10. The Labute approximate surface area is 221 Å². The van der Waals surface area contributed by atoms with E-state index in [-0.39, 0.29) is 38.0 Å². The van der Waals surface area contributed by atoms with Crippen molar-refractivity contribution in [1.82, 2.24) is 24.5 Å². The van der Waals surface area contributed by atoms with E-state index >= 15 is 0 Å². The Bertz CT molecular complexity index is 1620. The molecule has 39 heavy (non-hydrogen) atoms. The number of nitrogens with zero attached hydrogens (tertiary/aromatic N) is 5. The SMILES string of the molecule is Cc1c(-c2cc(C(F)F)nc3sc(C(N)=O)c(NC(=O)C(C)n4nc(C(F)(F)F)cc4C4CC4)c23)cnn1C. The maximum absolute atomic E-state index is 13.7. The number of primary amides is 1. The highest BCUT2D eigenvalue weighted by Gasteiger charge is 2.39. The van der Waals surface area contributed by atoms with Gasteiger partial charge in [0.15, 0.2) is 5.69 Å². The van der Waals surface area contributed by atoms with Crippen LogP contribution in [0.25, 0.3) is 21.3 Å². The summed E-state index contributed by atoms with van der Waals surface area (Å²) in [5.74, 6) is -1.86. The number of pyridine rings is 1. The number of thiophene rings is 1. The first-order valence-electron chi connectivity index (χ1n) is 11.8. The number of fused-ring (bicyclic) bond motifs is 1. The number of hydrogen-bond donors (Lipinski definition) is 2. The van der Waals surface area contributed by atoms with Crippen LogP contribution in [0.1, 0.15) is 70.6 Å². The third kappa shape index (κ3) is 4.75. The molecular formula is C24H22F5N7O2S. The van der Waals surface area contributed by atoms with Crippen molar-refractivity contribution in [3.05, 3.63) is 46.0 Å². The van der Waals surface area contributed by atoms with Crippen LogP contribution in [0.4, 0.5) is 27.6 Å². The third-order valence-electron chi connectivity index (χ3n) is 6.70. The number of rotatable bonds is 7. The number of carbonyl (C=O) groups is 2. The number of nitrogens with two attached hydrogens (primary N) is 1. The highest BCUT2D eigenvalue weighted by Crippen LogP contribution is 2.45. The third-order valence-corrected chi connectivity index (χ3v) is 7.80. The van der Waals surface area contributed by atoms with Crippen molar-refractivity contribution in [2.24, 2.45) is 12.8 Å². The van der Waals surface area contributed by atoms with Crippen molar-refractivity contribution in [2.75, 3.05) is 5.32 Å². The molecule has 1 aliphatic rings. The number of anilines is 1. The number of aryl methyl sites for hydroxylation is 1. The molecule has 1 atom stereocenters. The minimum atomic E-state index is -4.70. The predicted molar refractivity (Wildman–Crippen MR) is 133 cm³/mol. The van der Waals surface area contributed by atoms with E-state index in [9.17, 15) is 31.5 Å². The molecule has 5 rings (SSSR count). The molecule has 0 bridgehead atoms. The molecule has 15 heteroatoms. The second-order valence-corrected chi connectivity index (χ2v) is 10.3. The number of hydrogen-bond acceptors (Lipinski definition) is 6. The quantitative estimate of drug-likeness (QED) is 0.292. The van der Waals surface area contributed by atoms with Crippen molar-refractivity contribution in [3.8, 4) is 11.1 Å². The number of halogens is 5. The van der Waals surface area contributed by atoms with E-state index in [2.05, 4.69) is 20.5 Å². The number of aromatic nitrogens is 5. The molecule has 0 aromatic carbocycles. The van der Waals surface area contributed by atoms with E-state index in [1.807, 2.05) is 0 Å². The molecule has 0 saturated heterocycles. The molecule has 0 spiro atoms. The summed E-state index contributed by atoms with van der Waals surface area (Å²) < 4.78 is 70.2. The van der Waals surface area contributed by atoms with Crippen LogP contribution in [-0.4, -0.2) is 36.4 Å². The van der Waals surface area contributed by atoms with Gasteiger partial charge in [0.1, 0.15) is 21.4 Å². The summed E-state index contributed by atoms with van der Waals surface area (Å²) in [6.07, 6.45) is -4.82. The maximum atomic E-state index is 13.7. The Morgan fingerprint density at radius 2 is 1.90 bits per heavy atom. The average molecular weight is 568 g/mol. The molecule has 4 aromatic rings. The molecule has 206 valence electrons. The topological polar surface area (TPSA) is 121 Å². The fourth-order valence-electron chi connectivity index (χ4n) is 4.38. The van der Waals surface area contributed by atoms with Crippen molar-refractivity contribution in [1.29, 1.82) is 0 Å². The molecule has 1 saturated carbocycles. The van der Waals surface area contributed by atoms with Crippen LogP contribution in [0.3, 0.4) is 0 Å². The predicted octanol–water partition coefficient (Wildman–Crippen LogP) is 5.33. The molecule has 9 nitrogen and oxygen atoms in total. The zero-order valence-electron chi connectivity index (χ0n) is 20.8. The Morgan fingerprint density at radius 3 is 2.44 bits per heavy atom. The number of amides is 2. The first-order valence-corrected chi connectivity index (χ1v) is 12.6. The number of nitrogens with one attached hydrogen (secondary N) is 1. The summed E-state index contributed by atoms with van der Waals surface area (Å²) >= 11 is 0.728. The van der Waals surface area contributed by atoms with Crippen molar-refractivity contribution < 1.29 is 31.5 Å². The van der Waals surface area contributed by atoms with Gasteiger partial charge in [-0.3, -0.25) is 19.0 Å². The molecule has 4 heterocycles. The van der Waals surface area contributed by atoms with E-state index in [0.717, 1.165) is 28.2 Å². The van der Waals surface area contributed by atoms with Gasteiger partial charge >= 0.3 is 6.18 Å². The van der Waals surface area contributed by atoms with Crippen molar-refractivity contribution in [2.45, 2.75) is 51.3 Å². The van der Waals surface area contributed by atoms with Gasteiger partial charge in [-0.15, -0.1) is 11.3 Å². The van der Waals surface area contributed by atoms with Gasteiger partial charge in [0, 0.05) is 35.3 Å². The summed E-state index contributed by atoms with van der Waals surface area (Å²) in [5, 5.41) is 10.6. The zero-order chi connectivity index (χ0) is 28.4. The van der Waals surface area contributed by atoms with Crippen LogP contribution in [0, 0.1) is 6.92 Å². The van der Waals surface area contributed by atoms with Crippen LogP contribution in [0.2, 0.25) is 0 Å². The molecular weight excluding hydrogens is 545 g/mol. The van der Waals surface area contributed by atoms with Crippen LogP contribution < -0.4 is 11.1 Å². The van der Waals surface area contributed by atoms with Gasteiger partial charge in [0.25, 0.3) is 12.3 Å². The highest BCUT2D eigenvalue weighted by atomic mass is 32.1. The maximum Gasteiger partial charge on any atom is 0.435 e. The van der Waals surface area contributed by atoms with Gasteiger partial charge in [-0.1, -0.05) is 0 Å². The van der Waals surface area contributed by atoms with Crippen LogP contribution >= 0.6 is 11.3 Å². The summed E-state index contributed by atoms with van der Waals surface area (Å²) in [7, 11) is 1.66.